The Morgan fingerprint density at radius 2 is 1.84 bits per heavy atom. The van der Waals surface area contributed by atoms with E-state index in [9.17, 15) is 4.79 Å². The van der Waals surface area contributed by atoms with Crippen LogP contribution in [0.5, 0.6) is 0 Å². The maximum absolute atomic E-state index is 12.2. The van der Waals surface area contributed by atoms with Gasteiger partial charge in [0.2, 0.25) is 0 Å². The number of anilines is 1. The van der Waals surface area contributed by atoms with Crippen LogP contribution in [0.1, 0.15) is 5.56 Å². The lowest BCUT2D eigenvalue weighted by Gasteiger charge is -2.07. The van der Waals surface area contributed by atoms with Crippen molar-refractivity contribution in [2.24, 2.45) is 0 Å². The van der Waals surface area contributed by atoms with Gasteiger partial charge in [-0.25, -0.2) is 4.79 Å². The molecule has 1 heterocycles. The summed E-state index contributed by atoms with van der Waals surface area (Å²) in [7, 11) is 0. The van der Waals surface area contributed by atoms with Crippen molar-refractivity contribution in [3.63, 3.8) is 0 Å². The summed E-state index contributed by atoms with van der Waals surface area (Å²) in [6.45, 7) is 1.94. The van der Waals surface area contributed by atoms with Gasteiger partial charge < -0.3 is 5.32 Å². The van der Waals surface area contributed by atoms with Gasteiger partial charge in [0.1, 0.15) is 5.52 Å². The molecule has 0 atom stereocenters. The van der Waals surface area contributed by atoms with E-state index in [0.29, 0.717) is 11.0 Å². The monoisotopic (exact) mass is 252 g/mol. The molecule has 3 rings (SSSR count). The second-order valence-electron chi connectivity index (χ2n) is 4.24. The maximum Gasteiger partial charge on any atom is 0.348 e. The molecule has 0 aliphatic rings. The molecule has 5 heteroatoms. The van der Waals surface area contributed by atoms with Crippen LogP contribution in [0.3, 0.4) is 0 Å². The molecule has 0 spiro atoms. The van der Waals surface area contributed by atoms with E-state index in [1.165, 1.54) is 4.68 Å². The number of hydrogen-bond donors (Lipinski definition) is 1. The first-order valence-corrected chi connectivity index (χ1v) is 5.93. The first-order chi connectivity index (χ1) is 9.25. The molecule has 5 nitrogen and oxygen atoms in total. The van der Waals surface area contributed by atoms with Crippen LogP contribution >= 0.6 is 0 Å². The Morgan fingerprint density at radius 1 is 1.11 bits per heavy atom. The molecule has 0 saturated carbocycles. The number of fused-ring (bicyclic) bond motifs is 1. The number of carbonyl (C=O) groups excluding carboxylic acids is 1. The number of nitrogens with one attached hydrogen (secondary N) is 1. The lowest BCUT2D eigenvalue weighted by molar-refractivity contribution is 0.251. The van der Waals surface area contributed by atoms with Gasteiger partial charge in [-0.3, -0.25) is 0 Å². The van der Waals surface area contributed by atoms with E-state index in [0.717, 1.165) is 11.3 Å². The number of rotatable bonds is 1. The van der Waals surface area contributed by atoms with Gasteiger partial charge in [-0.15, -0.1) is 5.10 Å². The summed E-state index contributed by atoms with van der Waals surface area (Å²) in [6, 6.07) is 14.6. The zero-order valence-corrected chi connectivity index (χ0v) is 10.4. The van der Waals surface area contributed by atoms with E-state index >= 15 is 0 Å². The van der Waals surface area contributed by atoms with Crippen LogP contribution in [0.25, 0.3) is 11.0 Å². The summed E-state index contributed by atoms with van der Waals surface area (Å²) in [5, 5.41) is 10.7. The summed E-state index contributed by atoms with van der Waals surface area (Å²) >= 11 is 0. The molecule has 0 saturated heterocycles. The standard InChI is InChI=1S/C14H12N4O/c1-10-6-2-3-7-11(10)15-14(19)18-13-9-5-4-8-12(13)16-17-18/h2-9H,1H3,(H,15,19). The molecule has 0 aliphatic carbocycles. The number of hydrogen-bond acceptors (Lipinski definition) is 3. The molecule has 0 radical (unpaired) electrons. The van der Waals surface area contributed by atoms with Gasteiger partial charge in [0.05, 0.1) is 5.52 Å². The van der Waals surface area contributed by atoms with Crippen molar-refractivity contribution in [2.75, 3.05) is 5.32 Å². The van der Waals surface area contributed by atoms with Gasteiger partial charge in [0, 0.05) is 5.69 Å². The van der Waals surface area contributed by atoms with Crippen molar-refractivity contribution in [3.8, 4) is 0 Å². The first-order valence-electron chi connectivity index (χ1n) is 5.93. The number of para-hydroxylation sites is 2. The Morgan fingerprint density at radius 3 is 2.68 bits per heavy atom. The fraction of sp³-hybridized carbons (Fsp3) is 0.0714. The summed E-state index contributed by atoms with van der Waals surface area (Å²) < 4.78 is 1.27. The van der Waals surface area contributed by atoms with Crippen LogP contribution in [0.4, 0.5) is 10.5 Å². The Hall–Kier alpha value is -2.69. The van der Waals surface area contributed by atoms with Crippen LogP contribution in [0.2, 0.25) is 0 Å². The fourth-order valence-electron chi connectivity index (χ4n) is 1.90. The van der Waals surface area contributed by atoms with Crippen LogP contribution in [-0.2, 0) is 0 Å². The van der Waals surface area contributed by atoms with Gasteiger partial charge in [-0.05, 0) is 30.7 Å². The molecule has 0 bridgehead atoms. The highest BCUT2D eigenvalue weighted by atomic mass is 16.2. The maximum atomic E-state index is 12.2. The van der Waals surface area contributed by atoms with Gasteiger partial charge in [-0.1, -0.05) is 35.5 Å². The minimum atomic E-state index is -0.317. The summed E-state index contributed by atoms with van der Waals surface area (Å²) in [5.41, 5.74) is 3.16. The predicted molar refractivity (Wildman–Crippen MR) is 73.1 cm³/mol. The molecular formula is C14H12N4O. The molecule has 1 N–H and O–H groups in total. The molecule has 2 aromatic carbocycles. The number of aryl methyl sites for hydroxylation is 1. The summed E-state index contributed by atoms with van der Waals surface area (Å²) in [4.78, 5) is 12.2. The fourth-order valence-corrected chi connectivity index (χ4v) is 1.90. The van der Waals surface area contributed by atoms with Crippen molar-refractivity contribution in [3.05, 3.63) is 54.1 Å². The summed E-state index contributed by atoms with van der Waals surface area (Å²) in [5.74, 6) is 0. The minimum absolute atomic E-state index is 0.317. The van der Waals surface area contributed by atoms with E-state index in [1.54, 1.807) is 0 Å². The van der Waals surface area contributed by atoms with E-state index in [2.05, 4.69) is 15.6 Å². The molecule has 0 unspecified atom stereocenters. The third-order valence-electron chi connectivity index (χ3n) is 2.93. The molecular weight excluding hydrogens is 240 g/mol. The zero-order chi connectivity index (χ0) is 13.2. The van der Waals surface area contributed by atoms with Crippen molar-refractivity contribution in [1.82, 2.24) is 15.0 Å². The topological polar surface area (TPSA) is 59.8 Å². The predicted octanol–water partition coefficient (Wildman–Crippen LogP) is 2.82. The number of carbonyl (C=O) groups is 1. The smallest absolute Gasteiger partial charge is 0.306 e. The van der Waals surface area contributed by atoms with E-state index < -0.39 is 0 Å². The Kier molecular flexibility index (Phi) is 2.72. The molecule has 1 amide bonds. The minimum Gasteiger partial charge on any atom is -0.306 e. The molecule has 94 valence electrons. The van der Waals surface area contributed by atoms with Gasteiger partial charge in [0.25, 0.3) is 0 Å². The number of benzene rings is 2. The average Bonchev–Trinajstić information content (AvgIpc) is 2.85. The van der Waals surface area contributed by atoms with Gasteiger partial charge >= 0.3 is 6.03 Å². The molecule has 0 aliphatic heterocycles. The third-order valence-corrected chi connectivity index (χ3v) is 2.93. The molecule has 0 fully saturated rings. The lowest BCUT2D eigenvalue weighted by Crippen LogP contribution is -2.21. The van der Waals surface area contributed by atoms with E-state index in [1.807, 2.05) is 55.5 Å². The second kappa shape index (κ2) is 4.53. The third kappa shape index (κ3) is 2.06. The highest BCUT2D eigenvalue weighted by Crippen LogP contribution is 2.15. The highest BCUT2D eigenvalue weighted by molar-refractivity contribution is 5.96. The van der Waals surface area contributed by atoms with Crippen molar-refractivity contribution in [1.29, 1.82) is 0 Å². The van der Waals surface area contributed by atoms with Gasteiger partial charge in [-0.2, -0.15) is 4.68 Å². The van der Waals surface area contributed by atoms with Gasteiger partial charge in [0.15, 0.2) is 0 Å². The van der Waals surface area contributed by atoms with E-state index in [4.69, 9.17) is 0 Å². The van der Waals surface area contributed by atoms with Crippen LogP contribution in [0, 0.1) is 6.92 Å². The molecule has 3 aromatic rings. The van der Waals surface area contributed by atoms with E-state index in [-0.39, 0.29) is 6.03 Å². The van der Waals surface area contributed by atoms with Crippen LogP contribution in [0.15, 0.2) is 48.5 Å². The van der Waals surface area contributed by atoms with Crippen molar-refractivity contribution in [2.45, 2.75) is 6.92 Å². The first kappa shape index (κ1) is 11.4. The Bertz CT molecular complexity index is 748. The highest BCUT2D eigenvalue weighted by Gasteiger charge is 2.12. The quantitative estimate of drug-likeness (QED) is 0.724. The SMILES string of the molecule is Cc1ccccc1NC(=O)n1nnc2ccccc21. The number of aromatic nitrogens is 3. The lowest BCUT2D eigenvalue weighted by atomic mass is 10.2. The average molecular weight is 252 g/mol. The number of nitrogens with zero attached hydrogens (tertiary/aromatic N) is 3. The second-order valence-corrected chi connectivity index (χ2v) is 4.24. The Balaban J connectivity index is 1.95. The normalized spacial score (nSPS) is 10.6. The molecule has 19 heavy (non-hydrogen) atoms. The zero-order valence-electron chi connectivity index (χ0n) is 10.4. The summed E-state index contributed by atoms with van der Waals surface area (Å²) in [6.07, 6.45) is 0. The largest absolute Gasteiger partial charge is 0.348 e. The Labute approximate surface area is 109 Å². The number of amides is 1. The van der Waals surface area contributed by atoms with Crippen LogP contribution < -0.4 is 5.32 Å². The van der Waals surface area contributed by atoms with Crippen LogP contribution in [-0.4, -0.2) is 21.0 Å². The van der Waals surface area contributed by atoms with Crippen molar-refractivity contribution >= 4 is 22.8 Å². The van der Waals surface area contributed by atoms with Crippen molar-refractivity contribution < 1.29 is 4.79 Å². The molecule has 1 aromatic heterocycles.